The monoisotopic (exact) mass is 704 g/mol. The highest BCUT2D eigenvalue weighted by Gasteiger charge is 2.39. The van der Waals surface area contributed by atoms with Gasteiger partial charge in [-0.15, -0.1) is 0 Å². The summed E-state index contributed by atoms with van der Waals surface area (Å²) in [5.74, 6) is -0.0870. The van der Waals surface area contributed by atoms with E-state index in [9.17, 15) is 19.2 Å². The first-order valence-electron chi connectivity index (χ1n) is 17.6. The molecule has 0 fully saturated rings. The van der Waals surface area contributed by atoms with E-state index in [4.69, 9.17) is 14.2 Å². The van der Waals surface area contributed by atoms with Crippen molar-refractivity contribution in [2.24, 2.45) is 11.3 Å². The highest BCUT2D eigenvalue weighted by Crippen LogP contribution is 2.30. The molecule has 274 valence electrons. The van der Waals surface area contributed by atoms with E-state index in [1.165, 1.54) is 11.1 Å². The summed E-state index contributed by atoms with van der Waals surface area (Å²) < 4.78 is 21.4. The number of rotatable bonds is 9. The van der Waals surface area contributed by atoms with E-state index in [0.717, 1.165) is 5.56 Å². The lowest BCUT2D eigenvalue weighted by Crippen LogP contribution is -2.51. The maximum atomic E-state index is 14.0. The summed E-state index contributed by atoms with van der Waals surface area (Å²) in [4.78, 5) is 55.5. The lowest BCUT2D eigenvalue weighted by molar-refractivity contribution is -0.136. The number of carbonyl (C=O) groups is 4. The topological polar surface area (TPSA) is 174 Å². The first kappa shape index (κ1) is 37.3. The van der Waals surface area contributed by atoms with Crippen molar-refractivity contribution in [3.8, 4) is 11.6 Å². The summed E-state index contributed by atoms with van der Waals surface area (Å²) in [5, 5.41) is 16.3. The van der Waals surface area contributed by atoms with Gasteiger partial charge < -0.3 is 35.1 Å². The Hall–Kier alpha value is -4.98. The number of fused-ring (bicyclic) bond motifs is 18. The SMILES string of the molecule is COCCC1(C(=O)NCCOc2nonc2C)CNC(=O)CCCN(C(=O)C2Cc3ccccc3C2)CCCNC(=O)COc2ccc(cc2)C1. The Morgan fingerprint density at radius 2 is 1.73 bits per heavy atom. The Bertz CT molecular complexity index is 1600. The smallest absolute Gasteiger partial charge is 0.278 e. The molecule has 0 radical (unpaired) electrons. The third-order valence-electron chi connectivity index (χ3n) is 9.43. The summed E-state index contributed by atoms with van der Waals surface area (Å²) in [7, 11) is 1.57. The first-order chi connectivity index (χ1) is 24.8. The van der Waals surface area contributed by atoms with E-state index in [1.54, 1.807) is 26.2 Å². The molecule has 3 aliphatic rings. The number of amides is 4. The molecule has 1 aliphatic carbocycles. The lowest BCUT2D eigenvalue weighted by atomic mass is 9.77. The van der Waals surface area contributed by atoms with Crippen LogP contribution in [0.3, 0.4) is 0 Å². The van der Waals surface area contributed by atoms with E-state index in [0.29, 0.717) is 69.6 Å². The molecule has 1 atom stereocenters. The zero-order valence-corrected chi connectivity index (χ0v) is 29.4. The van der Waals surface area contributed by atoms with Gasteiger partial charge in [-0.3, -0.25) is 19.2 Å². The van der Waals surface area contributed by atoms with Crippen molar-refractivity contribution in [2.45, 2.75) is 51.9 Å². The fourth-order valence-corrected chi connectivity index (χ4v) is 6.57. The minimum Gasteiger partial charge on any atom is -0.484 e. The van der Waals surface area contributed by atoms with E-state index in [2.05, 4.69) is 43.0 Å². The van der Waals surface area contributed by atoms with Gasteiger partial charge in [-0.05, 0) is 79.4 Å². The number of hydrogen-bond acceptors (Lipinski definition) is 10. The van der Waals surface area contributed by atoms with E-state index in [1.807, 2.05) is 29.2 Å². The Kier molecular flexibility index (Phi) is 13.4. The average molecular weight is 705 g/mol. The van der Waals surface area contributed by atoms with Crippen molar-refractivity contribution in [1.82, 2.24) is 31.2 Å². The van der Waals surface area contributed by atoms with Crippen LogP contribution in [0.15, 0.2) is 53.2 Å². The molecule has 14 nitrogen and oxygen atoms in total. The summed E-state index contributed by atoms with van der Waals surface area (Å²) in [6, 6.07) is 15.3. The van der Waals surface area contributed by atoms with Crippen LogP contribution in [-0.4, -0.2) is 98.5 Å². The van der Waals surface area contributed by atoms with Crippen molar-refractivity contribution in [1.29, 1.82) is 0 Å². The predicted molar refractivity (Wildman–Crippen MR) is 186 cm³/mol. The highest BCUT2D eigenvalue weighted by molar-refractivity contribution is 5.85. The number of aromatic nitrogens is 2. The van der Waals surface area contributed by atoms with Crippen molar-refractivity contribution in [3.63, 3.8) is 0 Å². The third kappa shape index (κ3) is 10.5. The molecule has 0 saturated carbocycles. The fourth-order valence-electron chi connectivity index (χ4n) is 6.57. The molecule has 4 amide bonds. The molecule has 51 heavy (non-hydrogen) atoms. The summed E-state index contributed by atoms with van der Waals surface area (Å²) in [6.45, 7) is 3.45. The Morgan fingerprint density at radius 3 is 2.43 bits per heavy atom. The Morgan fingerprint density at radius 1 is 0.980 bits per heavy atom. The normalized spacial score (nSPS) is 19.4. The average Bonchev–Trinajstić information content (AvgIpc) is 3.77. The summed E-state index contributed by atoms with van der Waals surface area (Å²) in [6.07, 6.45) is 3.19. The summed E-state index contributed by atoms with van der Waals surface area (Å²) >= 11 is 0. The second kappa shape index (κ2) is 18.3. The maximum absolute atomic E-state index is 14.0. The zero-order chi connectivity index (χ0) is 36.1. The number of ether oxygens (including phenoxy) is 3. The quantitative estimate of drug-likeness (QED) is 0.280. The second-order valence-corrected chi connectivity index (χ2v) is 13.2. The molecular weight excluding hydrogens is 656 g/mol. The number of benzene rings is 2. The Balaban J connectivity index is 1.29. The van der Waals surface area contributed by atoms with Gasteiger partial charge in [-0.2, -0.15) is 0 Å². The molecule has 1 unspecified atom stereocenters. The van der Waals surface area contributed by atoms with Crippen LogP contribution in [-0.2, 0) is 43.2 Å². The van der Waals surface area contributed by atoms with Crippen LogP contribution in [0.5, 0.6) is 11.6 Å². The molecule has 3 aromatic rings. The van der Waals surface area contributed by atoms with Gasteiger partial charge in [0.15, 0.2) is 6.61 Å². The zero-order valence-electron chi connectivity index (χ0n) is 29.4. The van der Waals surface area contributed by atoms with Gasteiger partial charge in [0.1, 0.15) is 18.1 Å². The fraction of sp³-hybridized carbons (Fsp3) is 0.514. The molecule has 6 rings (SSSR count). The van der Waals surface area contributed by atoms with Gasteiger partial charge in [0.2, 0.25) is 17.7 Å². The number of hydrogen-bond donors (Lipinski definition) is 3. The van der Waals surface area contributed by atoms with E-state index >= 15 is 0 Å². The molecular formula is C37H48N6O8. The minimum absolute atomic E-state index is 0.0561. The van der Waals surface area contributed by atoms with Gasteiger partial charge in [0.05, 0.1) is 12.0 Å². The molecule has 1 aromatic heterocycles. The minimum atomic E-state index is -1.07. The van der Waals surface area contributed by atoms with E-state index in [-0.39, 0.29) is 74.8 Å². The van der Waals surface area contributed by atoms with Crippen molar-refractivity contribution >= 4 is 23.6 Å². The predicted octanol–water partition coefficient (Wildman–Crippen LogP) is 2.18. The van der Waals surface area contributed by atoms with E-state index < -0.39 is 5.41 Å². The molecule has 2 bridgehead atoms. The lowest BCUT2D eigenvalue weighted by Gasteiger charge is -2.33. The van der Waals surface area contributed by atoms with Gasteiger partial charge in [-0.25, -0.2) is 4.63 Å². The second-order valence-electron chi connectivity index (χ2n) is 13.2. The number of methoxy groups -OCH3 is 1. The van der Waals surface area contributed by atoms with Gasteiger partial charge in [0.25, 0.3) is 11.8 Å². The number of nitrogens with zero attached hydrogens (tertiary/aromatic N) is 3. The van der Waals surface area contributed by atoms with Crippen molar-refractivity contribution < 1.29 is 38.0 Å². The Labute approximate surface area is 297 Å². The molecule has 14 heteroatoms. The van der Waals surface area contributed by atoms with Gasteiger partial charge >= 0.3 is 0 Å². The van der Waals surface area contributed by atoms with Crippen LogP contribution >= 0.6 is 0 Å². The van der Waals surface area contributed by atoms with Crippen LogP contribution in [0, 0.1) is 18.3 Å². The van der Waals surface area contributed by atoms with Crippen LogP contribution in [0.4, 0.5) is 0 Å². The van der Waals surface area contributed by atoms with Crippen LogP contribution in [0.1, 0.15) is 48.1 Å². The third-order valence-corrected chi connectivity index (χ3v) is 9.43. The van der Waals surface area contributed by atoms with Crippen molar-refractivity contribution in [2.75, 3.05) is 59.7 Å². The van der Waals surface area contributed by atoms with Crippen molar-refractivity contribution in [3.05, 3.63) is 70.9 Å². The number of carbonyl (C=O) groups excluding carboxylic acids is 4. The molecule has 3 heterocycles. The van der Waals surface area contributed by atoms with Gasteiger partial charge in [-0.1, -0.05) is 41.6 Å². The van der Waals surface area contributed by atoms with Crippen LogP contribution < -0.4 is 25.4 Å². The first-order valence-corrected chi connectivity index (χ1v) is 17.6. The van der Waals surface area contributed by atoms with Gasteiger partial charge in [0, 0.05) is 52.2 Å². The summed E-state index contributed by atoms with van der Waals surface area (Å²) in [5.41, 5.74) is 2.66. The van der Waals surface area contributed by atoms with Crippen LogP contribution in [0.2, 0.25) is 0 Å². The number of aryl methyl sites for hydroxylation is 1. The molecule has 0 saturated heterocycles. The molecule has 3 N–H and O–H groups in total. The molecule has 2 aromatic carbocycles. The molecule has 0 spiro atoms. The largest absolute Gasteiger partial charge is 0.484 e. The highest BCUT2D eigenvalue weighted by atomic mass is 16.6. The maximum Gasteiger partial charge on any atom is 0.278 e. The standard InChI is InChI=1S/C37H48N6O8/c1-26-34(42-51-41-26)49-20-16-39-36(47)37(14-19-48-2)23-27-10-12-31(13-11-27)50-24-33(45)38-15-6-18-43(17-5-9-32(44)40-25-37)35(46)30-21-28-7-3-4-8-29(28)22-30/h3-4,7-8,10-13,30H,5-6,9,14-25H2,1-2H3,(H,38,45)(H,39,47)(H,40,44). The molecule has 2 aliphatic heterocycles. The van der Waals surface area contributed by atoms with Crippen LogP contribution in [0.25, 0.3) is 0 Å². The number of nitrogens with one attached hydrogen (secondary N) is 3.